The van der Waals surface area contributed by atoms with E-state index in [2.05, 4.69) is 10.1 Å². The Morgan fingerprint density at radius 2 is 1.44 bits per heavy atom. The van der Waals surface area contributed by atoms with E-state index in [0.717, 1.165) is 0 Å². The molecule has 18 heavy (non-hydrogen) atoms. The minimum absolute atomic E-state index is 0.115. The van der Waals surface area contributed by atoms with Gasteiger partial charge >= 0.3 is 12.4 Å². The van der Waals surface area contributed by atoms with Crippen LogP contribution in [0.25, 0.3) is 0 Å². The van der Waals surface area contributed by atoms with Gasteiger partial charge in [0.05, 0.1) is 13.2 Å². The summed E-state index contributed by atoms with van der Waals surface area (Å²) in [6, 6.07) is 0. The summed E-state index contributed by atoms with van der Waals surface area (Å²) in [5.74, 6) is 0. The van der Waals surface area contributed by atoms with Crippen molar-refractivity contribution in [2.75, 3.05) is 32.9 Å². The molecule has 0 heterocycles. The monoisotopic (exact) mass is 283 g/mol. The lowest BCUT2D eigenvalue weighted by Crippen LogP contribution is -2.45. The molecule has 0 bridgehead atoms. The highest BCUT2D eigenvalue weighted by atomic mass is 19.4. The van der Waals surface area contributed by atoms with Crippen molar-refractivity contribution in [2.24, 2.45) is 0 Å². The van der Waals surface area contributed by atoms with Crippen molar-refractivity contribution in [3.8, 4) is 0 Å². The quantitative estimate of drug-likeness (QED) is 0.547. The number of ether oxygens (including phenoxy) is 2. The maximum Gasteiger partial charge on any atom is 0.423 e. The molecule has 3 nitrogen and oxygen atoms in total. The molecule has 0 aromatic rings. The lowest BCUT2D eigenvalue weighted by molar-refractivity contribution is -0.321. The van der Waals surface area contributed by atoms with Gasteiger partial charge in [-0.2, -0.15) is 26.3 Å². The van der Waals surface area contributed by atoms with Crippen LogP contribution in [0.3, 0.4) is 0 Å². The van der Waals surface area contributed by atoms with Gasteiger partial charge in [0.25, 0.3) is 0 Å². The molecule has 0 aliphatic heterocycles. The maximum absolute atomic E-state index is 12.0. The van der Waals surface area contributed by atoms with E-state index in [-0.39, 0.29) is 6.54 Å². The Balaban J connectivity index is 3.86. The van der Waals surface area contributed by atoms with E-state index in [1.807, 2.05) is 0 Å². The molecule has 0 amide bonds. The van der Waals surface area contributed by atoms with Gasteiger partial charge in [0.1, 0.15) is 0 Å². The van der Waals surface area contributed by atoms with Crippen LogP contribution in [0.4, 0.5) is 26.3 Å². The largest absolute Gasteiger partial charge is 0.423 e. The molecular weight excluding hydrogens is 268 g/mol. The van der Waals surface area contributed by atoms with E-state index in [1.165, 1.54) is 0 Å². The van der Waals surface area contributed by atoms with Crippen LogP contribution in [0.2, 0.25) is 0 Å². The highest BCUT2D eigenvalue weighted by Gasteiger charge is 2.57. The summed E-state index contributed by atoms with van der Waals surface area (Å²) in [4.78, 5) is 0. The van der Waals surface area contributed by atoms with Gasteiger partial charge in [0.15, 0.2) is 0 Å². The smallest absolute Gasteiger partial charge is 0.380 e. The molecule has 0 saturated carbocycles. The first-order valence-corrected chi connectivity index (χ1v) is 5.23. The number of halogens is 6. The molecule has 0 saturated heterocycles. The highest BCUT2D eigenvalue weighted by Crippen LogP contribution is 2.35. The summed E-state index contributed by atoms with van der Waals surface area (Å²) in [5.41, 5.74) is 0. The van der Waals surface area contributed by atoms with Gasteiger partial charge in [-0.05, 0) is 6.92 Å². The second kappa shape index (κ2) is 7.80. The van der Waals surface area contributed by atoms with Crippen LogP contribution in [0, 0.1) is 0 Å². The fourth-order valence-corrected chi connectivity index (χ4v) is 1.04. The minimum atomic E-state index is -5.45. The van der Waals surface area contributed by atoms with Crippen LogP contribution in [-0.2, 0) is 9.47 Å². The normalized spacial score (nSPS) is 13.3. The van der Waals surface area contributed by atoms with Crippen molar-refractivity contribution < 1.29 is 35.8 Å². The second-order valence-corrected chi connectivity index (χ2v) is 3.28. The molecule has 0 spiro atoms. The van der Waals surface area contributed by atoms with E-state index >= 15 is 0 Å². The summed E-state index contributed by atoms with van der Waals surface area (Å²) >= 11 is 0. The van der Waals surface area contributed by atoms with Crippen LogP contribution < -0.4 is 5.32 Å². The summed E-state index contributed by atoms with van der Waals surface area (Å²) < 4.78 is 80.8. The predicted octanol–water partition coefficient (Wildman–Crippen LogP) is 2.12. The standard InChI is InChI=1S/C9H15F6NO2/c1-2-17-5-3-16-4-6-18-7(8(10,11)12)9(13,14)15/h7,16H,2-6H2,1H3. The third-order valence-electron chi connectivity index (χ3n) is 1.79. The molecule has 0 atom stereocenters. The summed E-state index contributed by atoms with van der Waals surface area (Å²) in [6.45, 7) is 2.12. The molecule has 0 aliphatic carbocycles. The van der Waals surface area contributed by atoms with Gasteiger partial charge in [0.2, 0.25) is 6.10 Å². The van der Waals surface area contributed by atoms with Crippen LogP contribution in [0.1, 0.15) is 6.92 Å². The summed E-state index contributed by atoms with van der Waals surface area (Å²) in [6.07, 6.45) is -14.6. The number of hydrogen-bond donors (Lipinski definition) is 1. The average Bonchev–Trinajstić information content (AvgIpc) is 2.18. The Morgan fingerprint density at radius 3 is 1.89 bits per heavy atom. The summed E-state index contributed by atoms with van der Waals surface area (Å²) in [5, 5.41) is 2.59. The lowest BCUT2D eigenvalue weighted by atomic mass is 10.3. The highest BCUT2D eigenvalue weighted by molar-refractivity contribution is 4.76. The molecule has 0 aromatic heterocycles. The first-order chi connectivity index (χ1) is 8.19. The fourth-order valence-electron chi connectivity index (χ4n) is 1.04. The van der Waals surface area contributed by atoms with E-state index in [4.69, 9.17) is 4.74 Å². The van der Waals surface area contributed by atoms with Crippen LogP contribution in [-0.4, -0.2) is 51.4 Å². The van der Waals surface area contributed by atoms with E-state index in [9.17, 15) is 26.3 Å². The van der Waals surface area contributed by atoms with Gasteiger partial charge < -0.3 is 14.8 Å². The first kappa shape index (κ1) is 17.5. The minimum Gasteiger partial charge on any atom is -0.380 e. The van der Waals surface area contributed by atoms with Crippen molar-refractivity contribution in [3.05, 3.63) is 0 Å². The Hall–Kier alpha value is -0.540. The third kappa shape index (κ3) is 7.72. The third-order valence-corrected chi connectivity index (χ3v) is 1.79. The number of rotatable bonds is 8. The summed E-state index contributed by atoms with van der Waals surface area (Å²) in [7, 11) is 0. The maximum atomic E-state index is 12.0. The van der Waals surface area contributed by atoms with Crippen LogP contribution >= 0.6 is 0 Å². The Kier molecular flexibility index (Phi) is 7.56. The van der Waals surface area contributed by atoms with E-state index in [1.54, 1.807) is 6.92 Å². The van der Waals surface area contributed by atoms with Crippen molar-refractivity contribution in [1.29, 1.82) is 0 Å². The molecular formula is C9H15F6NO2. The number of alkyl halides is 6. The Morgan fingerprint density at radius 1 is 0.944 bits per heavy atom. The van der Waals surface area contributed by atoms with Crippen LogP contribution in [0.5, 0.6) is 0 Å². The number of nitrogens with one attached hydrogen (secondary N) is 1. The molecule has 9 heteroatoms. The zero-order valence-corrected chi connectivity index (χ0v) is 9.70. The molecule has 0 aliphatic rings. The van der Waals surface area contributed by atoms with Crippen molar-refractivity contribution in [2.45, 2.75) is 25.4 Å². The molecule has 0 unspecified atom stereocenters. The zero-order valence-electron chi connectivity index (χ0n) is 9.70. The first-order valence-electron chi connectivity index (χ1n) is 5.23. The van der Waals surface area contributed by atoms with Crippen LogP contribution in [0.15, 0.2) is 0 Å². The van der Waals surface area contributed by atoms with Crippen molar-refractivity contribution in [1.82, 2.24) is 5.32 Å². The predicted molar refractivity (Wildman–Crippen MR) is 51.2 cm³/mol. The van der Waals surface area contributed by atoms with Gasteiger partial charge in [-0.25, -0.2) is 0 Å². The van der Waals surface area contributed by atoms with Gasteiger partial charge in [0, 0.05) is 19.7 Å². The lowest BCUT2D eigenvalue weighted by Gasteiger charge is -2.23. The molecule has 110 valence electrons. The van der Waals surface area contributed by atoms with Gasteiger partial charge in [-0.1, -0.05) is 0 Å². The van der Waals surface area contributed by atoms with Crippen molar-refractivity contribution in [3.63, 3.8) is 0 Å². The molecule has 0 rings (SSSR count). The molecule has 1 N–H and O–H groups in total. The molecule has 0 radical (unpaired) electrons. The topological polar surface area (TPSA) is 30.5 Å². The SMILES string of the molecule is CCOCCNCCOC(C(F)(F)F)C(F)(F)F. The van der Waals surface area contributed by atoms with Gasteiger partial charge in [-0.15, -0.1) is 0 Å². The van der Waals surface area contributed by atoms with Gasteiger partial charge in [-0.3, -0.25) is 0 Å². The van der Waals surface area contributed by atoms with Crippen molar-refractivity contribution >= 4 is 0 Å². The molecule has 0 aromatic carbocycles. The Bertz CT molecular complexity index is 204. The molecule has 0 fully saturated rings. The Labute approximate surface area is 100 Å². The number of hydrogen-bond acceptors (Lipinski definition) is 3. The fraction of sp³-hybridized carbons (Fsp3) is 1.00. The van der Waals surface area contributed by atoms with E-state index in [0.29, 0.717) is 19.8 Å². The zero-order chi connectivity index (χ0) is 14.2. The average molecular weight is 283 g/mol. The van der Waals surface area contributed by atoms with E-state index < -0.39 is 25.1 Å². The second-order valence-electron chi connectivity index (χ2n) is 3.28.